The van der Waals surface area contributed by atoms with Crippen molar-refractivity contribution in [2.24, 2.45) is 0 Å². The van der Waals surface area contributed by atoms with E-state index in [-0.39, 0.29) is 11.9 Å². The van der Waals surface area contributed by atoms with Gasteiger partial charge in [-0.05, 0) is 37.2 Å². The summed E-state index contributed by atoms with van der Waals surface area (Å²) in [5.41, 5.74) is 2.53. The normalized spacial score (nSPS) is 12.2. The molecule has 0 radical (unpaired) electrons. The van der Waals surface area contributed by atoms with E-state index in [9.17, 15) is 4.39 Å². The van der Waals surface area contributed by atoms with Crippen LogP contribution in [0.2, 0.25) is 5.02 Å². The highest BCUT2D eigenvalue weighted by atomic mass is 35.5. The Labute approximate surface area is 130 Å². The van der Waals surface area contributed by atoms with Crippen molar-refractivity contribution in [3.8, 4) is 0 Å². The molecule has 112 valence electrons. The molecule has 1 N–H and O–H groups in total. The maximum absolute atomic E-state index is 14.3. The first-order valence-electron chi connectivity index (χ1n) is 6.94. The Hall–Kier alpha value is -1.58. The van der Waals surface area contributed by atoms with Crippen LogP contribution in [0.5, 0.6) is 0 Å². The number of nitrogens with one attached hydrogen (secondary N) is 1. The molecule has 21 heavy (non-hydrogen) atoms. The van der Waals surface area contributed by atoms with Crippen molar-refractivity contribution in [2.75, 3.05) is 19.0 Å². The van der Waals surface area contributed by atoms with Crippen LogP contribution in [0.1, 0.15) is 24.1 Å². The van der Waals surface area contributed by atoms with Gasteiger partial charge in [0.25, 0.3) is 0 Å². The van der Waals surface area contributed by atoms with Crippen LogP contribution in [0.15, 0.2) is 42.5 Å². The van der Waals surface area contributed by atoms with E-state index >= 15 is 0 Å². The van der Waals surface area contributed by atoms with Gasteiger partial charge in [0.2, 0.25) is 0 Å². The maximum atomic E-state index is 14.3. The van der Waals surface area contributed by atoms with Gasteiger partial charge < -0.3 is 10.2 Å². The van der Waals surface area contributed by atoms with Gasteiger partial charge in [-0.1, -0.05) is 41.9 Å². The quantitative estimate of drug-likeness (QED) is 0.881. The Balaban J connectivity index is 2.35. The fraction of sp³-hybridized carbons (Fsp3) is 0.294. The molecule has 4 heteroatoms. The van der Waals surface area contributed by atoms with E-state index < -0.39 is 0 Å². The van der Waals surface area contributed by atoms with Crippen LogP contribution in [0.3, 0.4) is 0 Å². The van der Waals surface area contributed by atoms with E-state index in [1.165, 1.54) is 6.07 Å². The van der Waals surface area contributed by atoms with Crippen molar-refractivity contribution in [3.63, 3.8) is 0 Å². The van der Waals surface area contributed by atoms with Crippen molar-refractivity contribution in [2.45, 2.75) is 19.5 Å². The standard InChI is InChI=1S/C17H20ClFN2/c1-12(20-2)14-8-6-10-16(19)17(14)21(3)11-13-7-4-5-9-15(13)18/h4-10,12,20H,11H2,1-3H3. The van der Waals surface area contributed by atoms with E-state index in [0.29, 0.717) is 17.3 Å². The molecule has 0 aliphatic carbocycles. The molecular formula is C17H20ClFN2. The highest BCUT2D eigenvalue weighted by Crippen LogP contribution is 2.30. The average Bonchev–Trinajstić information content (AvgIpc) is 2.48. The van der Waals surface area contributed by atoms with Crippen LogP contribution in [0.25, 0.3) is 0 Å². The fourth-order valence-corrected chi connectivity index (χ4v) is 2.60. The van der Waals surface area contributed by atoms with E-state index in [2.05, 4.69) is 5.32 Å². The Morgan fingerprint density at radius 3 is 2.57 bits per heavy atom. The zero-order valence-electron chi connectivity index (χ0n) is 12.5. The lowest BCUT2D eigenvalue weighted by atomic mass is 10.0. The summed E-state index contributed by atoms with van der Waals surface area (Å²) >= 11 is 6.19. The van der Waals surface area contributed by atoms with Gasteiger partial charge in [-0.2, -0.15) is 0 Å². The molecule has 2 aromatic rings. The first kappa shape index (κ1) is 15.8. The SMILES string of the molecule is CNC(C)c1cccc(F)c1N(C)Cc1ccccc1Cl. The molecule has 1 unspecified atom stereocenters. The number of rotatable bonds is 5. The monoisotopic (exact) mass is 306 g/mol. The fourth-order valence-electron chi connectivity index (χ4n) is 2.40. The third-order valence-electron chi connectivity index (χ3n) is 3.66. The van der Waals surface area contributed by atoms with E-state index in [4.69, 9.17) is 11.6 Å². The molecule has 0 aliphatic rings. The Morgan fingerprint density at radius 1 is 1.19 bits per heavy atom. The van der Waals surface area contributed by atoms with Crippen LogP contribution in [-0.4, -0.2) is 14.1 Å². The summed E-state index contributed by atoms with van der Waals surface area (Å²) in [6.45, 7) is 2.58. The number of hydrogen-bond donors (Lipinski definition) is 1. The molecule has 0 saturated carbocycles. The van der Waals surface area contributed by atoms with Crippen molar-refractivity contribution < 1.29 is 4.39 Å². The van der Waals surface area contributed by atoms with Crippen molar-refractivity contribution in [1.82, 2.24) is 5.32 Å². The summed E-state index contributed by atoms with van der Waals surface area (Å²) < 4.78 is 14.3. The maximum Gasteiger partial charge on any atom is 0.146 e. The van der Waals surface area contributed by atoms with E-state index in [1.807, 2.05) is 56.3 Å². The minimum atomic E-state index is -0.218. The van der Waals surface area contributed by atoms with Gasteiger partial charge in [0.05, 0.1) is 5.69 Å². The van der Waals surface area contributed by atoms with Gasteiger partial charge in [0.1, 0.15) is 5.82 Å². The smallest absolute Gasteiger partial charge is 0.146 e. The lowest BCUT2D eigenvalue weighted by molar-refractivity contribution is 0.602. The molecule has 0 heterocycles. The van der Waals surface area contributed by atoms with Gasteiger partial charge in [0, 0.05) is 24.7 Å². The van der Waals surface area contributed by atoms with Crippen LogP contribution >= 0.6 is 11.6 Å². The first-order valence-corrected chi connectivity index (χ1v) is 7.32. The number of nitrogens with zero attached hydrogens (tertiary/aromatic N) is 1. The summed E-state index contributed by atoms with van der Waals surface area (Å²) in [5.74, 6) is -0.218. The minimum Gasteiger partial charge on any atom is -0.368 e. The molecule has 2 aromatic carbocycles. The summed E-state index contributed by atoms with van der Waals surface area (Å²) in [6, 6.07) is 12.9. The molecule has 0 aliphatic heterocycles. The third-order valence-corrected chi connectivity index (χ3v) is 4.03. The molecule has 1 atom stereocenters. The molecule has 2 rings (SSSR count). The number of anilines is 1. The number of halogens is 2. The number of benzene rings is 2. The van der Waals surface area contributed by atoms with Crippen molar-refractivity contribution in [1.29, 1.82) is 0 Å². The Morgan fingerprint density at radius 2 is 1.90 bits per heavy atom. The highest BCUT2D eigenvalue weighted by Gasteiger charge is 2.17. The van der Waals surface area contributed by atoms with E-state index in [1.54, 1.807) is 6.07 Å². The lowest BCUT2D eigenvalue weighted by Crippen LogP contribution is -2.23. The van der Waals surface area contributed by atoms with Gasteiger partial charge in [-0.15, -0.1) is 0 Å². The number of para-hydroxylation sites is 1. The predicted molar refractivity (Wildman–Crippen MR) is 87.4 cm³/mol. The second kappa shape index (κ2) is 6.92. The Kier molecular flexibility index (Phi) is 5.21. The zero-order valence-corrected chi connectivity index (χ0v) is 13.3. The molecule has 0 bridgehead atoms. The Bertz CT molecular complexity index is 615. The zero-order chi connectivity index (χ0) is 15.4. The van der Waals surface area contributed by atoms with Gasteiger partial charge in [-0.3, -0.25) is 0 Å². The molecule has 0 spiro atoms. The molecule has 2 nitrogen and oxygen atoms in total. The van der Waals surface area contributed by atoms with Gasteiger partial charge in [0.15, 0.2) is 0 Å². The summed E-state index contributed by atoms with van der Waals surface area (Å²) in [4.78, 5) is 1.90. The lowest BCUT2D eigenvalue weighted by Gasteiger charge is -2.26. The van der Waals surface area contributed by atoms with Crippen molar-refractivity contribution >= 4 is 17.3 Å². The average molecular weight is 307 g/mol. The second-order valence-electron chi connectivity index (χ2n) is 5.14. The second-order valence-corrected chi connectivity index (χ2v) is 5.54. The predicted octanol–water partition coefficient (Wildman–Crippen LogP) is 4.40. The first-order chi connectivity index (χ1) is 10.0. The summed E-state index contributed by atoms with van der Waals surface area (Å²) in [5, 5.41) is 3.86. The number of hydrogen-bond acceptors (Lipinski definition) is 2. The topological polar surface area (TPSA) is 15.3 Å². The van der Waals surface area contributed by atoms with Gasteiger partial charge in [-0.25, -0.2) is 4.39 Å². The minimum absolute atomic E-state index is 0.0735. The molecule has 0 saturated heterocycles. The third kappa shape index (κ3) is 3.55. The molecule has 0 amide bonds. The summed E-state index contributed by atoms with van der Waals surface area (Å²) in [7, 11) is 3.75. The van der Waals surface area contributed by atoms with Crippen LogP contribution in [0, 0.1) is 5.82 Å². The van der Waals surface area contributed by atoms with Gasteiger partial charge >= 0.3 is 0 Å². The largest absolute Gasteiger partial charge is 0.368 e. The summed E-state index contributed by atoms with van der Waals surface area (Å²) in [6.07, 6.45) is 0. The van der Waals surface area contributed by atoms with Crippen LogP contribution in [-0.2, 0) is 6.54 Å². The van der Waals surface area contributed by atoms with Crippen molar-refractivity contribution in [3.05, 3.63) is 64.4 Å². The van der Waals surface area contributed by atoms with Crippen LogP contribution < -0.4 is 10.2 Å². The highest BCUT2D eigenvalue weighted by molar-refractivity contribution is 6.31. The molecule has 0 fully saturated rings. The molecule has 0 aromatic heterocycles. The van der Waals surface area contributed by atoms with E-state index in [0.717, 1.165) is 11.1 Å². The van der Waals surface area contributed by atoms with Crippen LogP contribution in [0.4, 0.5) is 10.1 Å². The molecular weight excluding hydrogens is 287 g/mol.